The van der Waals surface area contributed by atoms with E-state index in [1.807, 2.05) is 35.8 Å². The molecule has 1 N–H and O–H groups in total. The number of amides is 1. The molecule has 0 spiro atoms. The molecule has 34 heavy (non-hydrogen) atoms. The van der Waals surface area contributed by atoms with Gasteiger partial charge in [-0.25, -0.2) is 9.37 Å². The SMILES string of the molecule is COc1ccc(C(=O)Nc2cc(C)nn2-c2nc3ccccc3n2Cc2ccccc2F)cc1. The van der Waals surface area contributed by atoms with Gasteiger partial charge < -0.3 is 14.6 Å². The number of nitrogens with zero attached hydrogens (tertiary/aromatic N) is 4. The molecule has 0 unspecified atom stereocenters. The molecule has 2 aromatic heterocycles. The van der Waals surface area contributed by atoms with Crippen LogP contribution in [0, 0.1) is 12.7 Å². The summed E-state index contributed by atoms with van der Waals surface area (Å²) >= 11 is 0. The summed E-state index contributed by atoms with van der Waals surface area (Å²) in [5.74, 6) is 1.02. The van der Waals surface area contributed by atoms with E-state index in [0.717, 1.165) is 11.0 Å². The summed E-state index contributed by atoms with van der Waals surface area (Å²) in [7, 11) is 1.57. The number of para-hydroxylation sites is 2. The van der Waals surface area contributed by atoms with Crippen molar-refractivity contribution in [1.82, 2.24) is 19.3 Å². The number of aromatic nitrogens is 4. The van der Waals surface area contributed by atoms with Gasteiger partial charge in [0.25, 0.3) is 5.91 Å². The fraction of sp³-hybridized carbons (Fsp3) is 0.115. The maximum absolute atomic E-state index is 14.5. The monoisotopic (exact) mass is 455 g/mol. The van der Waals surface area contributed by atoms with Crippen molar-refractivity contribution in [3.63, 3.8) is 0 Å². The van der Waals surface area contributed by atoms with Crippen LogP contribution >= 0.6 is 0 Å². The Labute approximate surface area is 195 Å². The number of anilines is 1. The van der Waals surface area contributed by atoms with Crippen LogP contribution in [0.15, 0.2) is 78.9 Å². The summed E-state index contributed by atoms with van der Waals surface area (Å²) in [6.45, 7) is 2.09. The number of ether oxygens (including phenoxy) is 1. The summed E-state index contributed by atoms with van der Waals surface area (Å²) in [5.41, 5.74) is 3.29. The van der Waals surface area contributed by atoms with Crippen LogP contribution in [0.5, 0.6) is 5.75 Å². The molecular formula is C26H22FN5O2. The first-order valence-corrected chi connectivity index (χ1v) is 10.7. The number of halogens is 1. The summed E-state index contributed by atoms with van der Waals surface area (Å²) in [5, 5.41) is 7.50. The number of hydrogen-bond acceptors (Lipinski definition) is 4. The van der Waals surface area contributed by atoms with E-state index in [0.29, 0.717) is 34.3 Å². The maximum Gasteiger partial charge on any atom is 0.256 e. The highest BCUT2D eigenvalue weighted by atomic mass is 19.1. The lowest BCUT2D eigenvalue weighted by Gasteiger charge is -2.13. The molecule has 0 saturated heterocycles. The van der Waals surface area contributed by atoms with E-state index in [-0.39, 0.29) is 18.3 Å². The van der Waals surface area contributed by atoms with E-state index in [4.69, 9.17) is 9.72 Å². The molecule has 0 aliphatic heterocycles. The van der Waals surface area contributed by atoms with Crippen LogP contribution in [0.4, 0.5) is 10.2 Å². The predicted molar refractivity (Wildman–Crippen MR) is 128 cm³/mol. The highest BCUT2D eigenvalue weighted by Gasteiger charge is 2.19. The Balaban J connectivity index is 1.57. The molecule has 0 saturated carbocycles. The van der Waals surface area contributed by atoms with E-state index in [1.54, 1.807) is 60.3 Å². The van der Waals surface area contributed by atoms with E-state index in [9.17, 15) is 9.18 Å². The smallest absolute Gasteiger partial charge is 0.256 e. The number of fused-ring (bicyclic) bond motifs is 1. The second-order valence-electron chi connectivity index (χ2n) is 7.84. The Hall–Kier alpha value is -4.46. The fourth-order valence-electron chi connectivity index (χ4n) is 3.85. The van der Waals surface area contributed by atoms with Gasteiger partial charge >= 0.3 is 0 Å². The number of carbonyl (C=O) groups is 1. The molecule has 0 fully saturated rings. The Morgan fingerprint density at radius 2 is 1.76 bits per heavy atom. The van der Waals surface area contributed by atoms with E-state index in [1.165, 1.54) is 6.07 Å². The zero-order chi connectivity index (χ0) is 23.7. The minimum atomic E-state index is -0.295. The average Bonchev–Trinajstić information content (AvgIpc) is 3.40. The molecule has 170 valence electrons. The van der Waals surface area contributed by atoms with Crippen LogP contribution in [0.3, 0.4) is 0 Å². The fourth-order valence-corrected chi connectivity index (χ4v) is 3.85. The average molecular weight is 455 g/mol. The van der Waals surface area contributed by atoms with Crippen molar-refractivity contribution < 1.29 is 13.9 Å². The zero-order valence-electron chi connectivity index (χ0n) is 18.7. The third-order valence-corrected chi connectivity index (χ3v) is 5.54. The first kappa shape index (κ1) is 21.4. The van der Waals surface area contributed by atoms with Crippen molar-refractivity contribution in [2.45, 2.75) is 13.5 Å². The van der Waals surface area contributed by atoms with Crippen LogP contribution in [0.2, 0.25) is 0 Å². The van der Waals surface area contributed by atoms with Gasteiger partial charge in [-0.3, -0.25) is 4.79 Å². The van der Waals surface area contributed by atoms with E-state index in [2.05, 4.69) is 10.4 Å². The first-order valence-electron chi connectivity index (χ1n) is 10.7. The van der Waals surface area contributed by atoms with Gasteiger partial charge in [0.15, 0.2) is 0 Å². The van der Waals surface area contributed by atoms with Gasteiger partial charge in [0, 0.05) is 17.2 Å². The summed E-state index contributed by atoms with van der Waals surface area (Å²) in [4.78, 5) is 17.7. The quantitative estimate of drug-likeness (QED) is 0.392. The summed E-state index contributed by atoms with van der Waals surface area (Å²) in [6, 6.07) is 22.9. The van der Waals surface area contributed by atoms with Gasteiger partial charge in [-0.2, -0.15) is 9.78 Å². The molecule has 0 atom stereocenters. The summed E-state index contributed by atoms with van der Waals surface area (Å²) < 4.78 is 23.1. The zero-order valence-corrected chi connectivity index (χ0v) is 18.7. The Morgan fingerprint density at radius 3 is 2.53 bits per heavy atom. The number of benzene rings is 3. The molecule has 0 bridgehead atoms. The van der Waals surface area contributed by atoms with Gasteiger partial charge in [0.1, 0.15) is 17.4 Å². The molecule has 8 heteroatoms. The minimum absolute atomic E-state index is 0.257. The van der Waals surface area contributed by atoms with Crippen molar-refractivity contribution in [2.24, 2.45) is 0 Å². The Kier molecular flexibility index (Phi) is 5.55. The predicted octanol–water partition coefficient (Wildman–Crippen LogP) is 4.98. The van der Waals surface area contributed by atoms with Crippen LogP contribution < -0.4 is 10.1 Å². The molecule has 7 nitrogen and oxygen atoms in total. The van der Waals surface area contributed by atoms with E-state index < -0.39 is 0 Å². The van der Waals surface area contributed by atoms with Crippen LogP contribution in [-0.4, -0.2) is 32.3 Å². The first-order chi connectivity index (χ1) is 16.5. The van der Waals surface area contributed by atoms with Gasteiger partial charge in [-0.1, -0.05) is 30.3 Å². The van der Waals surface area contributed by atoms with Gasteiger partial charge in [-0.05, 0) is 49.4 Å². The molecule has 0 radical (unpaired) electrons. The van der Waals surface area contributed by atoms with Gasteiger partial charge in [-0.15, -0.1) is 0 Å². The topological polar surface area (TPSA) is 74.0 Å². The van der Waals surface area contributed by atoms with Crippen LogP contribution in [0.25, 0.3) is 17.0 Å². The number of methoxy groups -OCH3 is 1. The third-order valence-electron chi connectivity index (χ3n) is 5.54. The van der Waals surface area contributed by atoms with E-state index >= 15 is 0 Å². The largest absolute Gasteiger partial charge is 0.497 e. The lowest BCUT2D eigenvalue weighted by Crippen LogP contribution is -2.17. The lowest BCUT2D eigenvalue weighted by atomic mass is 10.2. The second kappa shape index (κ2) is 8.82. The van der Waals surface area contributed by atoms with Gasteiger partial charge in [0.05, 0.1) is 30.4 Å². The molecule has 1 amide bonds. The molecule has 2 heterocycles. The number of imidazole rings is 1. The molecule has 5 aromatic rings. The highest BCUT2D eigenvalue weighted by molar-refractivity contribution is 6.04. The van der Waals surface area contributed by atoms with Crippen LogP contribution in [0.1, 0.15) is 21.6 Å². The number of nitrogens with one attached hydrogen (secondary N) is 1. The van der Waals surface area contributed by atoms with Crippen molar-refractivity contribution in [3.05, 3.63) is 102 Å². The molecule has 0 aliphatic carbocycles. The Morgan fingerprint density at radius 1 is 1.03 bits per heavy atom. The summed E-state index contributed by atoms with van der Waals surface area (Å²) in [6.07, 6.45) is 0. The Bertz CT molecular complexity index is 1490. The number of hydrogen-bond donors (Lipinski definition) is 1. The molecule has 0 aliphatic rings. The van der Waals surface area contributed by atoms with Crippen molar-refractivity contribution in [3.8, 4) is 11.7 Å². The lowest BCUT2D eigenvalue weighted by molar-refractivity contribution is 0.102. The number of carbonyl (C=O) groups excluding carboxylic acids is 1. The normalized spacial score (nSPS) is 11.0. The number of rotatable bonds is 6. The van der Waals surface area contributed by atoms with Gasteiger partial charge in [0.2, 0.25) is 5.95 Å². The molecule has 5 rings (SSSR count). The van der Waals surface area contributed by atoms with Crippen LogP contribution in [-0.2, 0) is 6.54 Å². The van der Waals surface area contributed by atoms with Crippen molar-refractivity contribution in [2.75, 3.05) is 12.4 Å². The highest BCUT2D eigenvalue weighted by Crippen LogP contribution is 2.25. The standard InChI is InChI=1S/C26H22FN5O2/c1-17-15-24(29-25(33)18-11-13-20(34-2)14-12-18)32(30-17)26-28-22-9-5-6-10-23(22)31(26)16-19-7-3-4-8-21(19)27/h3-15H,16H2,1-2H3,(H,29,33). The van der Waals surface area contributed by atoms with Crippen molar-refractivity contribution in [1.29, 1.82) is 0 Å². The molecular weight excluding hydrogens is 433 g/mol. The molecule has 3 aromatic carbocycles. The minimum Gasteiger partial charge on any atom is -0.497 e. The number of aryl methyl sites for hydroxylation is 1. The third kappa shape index (κ3) is 4.01. The maximum atomic E-state index is 14.5. The van der Waals surface area contributed by atoms with Crippen molar-refractivity contribution >= 4 is 22.8 Å². The second-order valence-corrected chi connectivity index (χ2v) is 7.84.